The highest BCUT2D eigenvalue weighted by atomic mass is 16.5. The molecule has 1 aromatic rings. The van der Waals surface area contributed by atoms with Gasteiger partial charge < -0.3 is 20.1 Å². The van der Waals surface area contributed by atoms with Gasteiger partial charge in [-0.05, 0) is 25.1 Å². The van der Waals surface area contributed by atoms with Crippen LogP contribution in [0.15, 0.2) is 24.3 Å². The molecule has 0 aliphatic carbocycles. The van der Waals surface area contributed by atoms with Crippen molar-refractivity contribution in [2.75, 3.05) is 32.2 Å². The number of rotatable bonds is 4. The van der Waals surface area contributed by atoms with E-state index in [-0.39, 0.29) is 19.1 Å². The lowest BCUT2D eigenvalue weighted by Gasteiger charge is -2.25. The van der Waals surface area contributed by atoms with Crippen molar-refractivity contribution >= 4 is 17.6 Å². The number of nitrogens with one attached hydrogen (secondary N) is 1. The molecule has 2 N–H and O–H groups in total. The van der Waals surface area contributed by atoms with Gasteiger partial charge in [0.15, 0.2) is 0 Å². The number of ether oxygens (including phenoxy) is 1. The average Bonchev–Trinajstić information content (AvgIpc) is 2.81. The number of benzene rings is 1. The molecule has 2 atom stereocenters. The van der Waals surface area contributed by atoms with Crippen LogP contribution in [-0.2, 0) is 9.53 Å². The van der Waals surface area contributed by atoms with E-state index >= 15 is 0 Å². The topological polar surface area (TPSA) is 78.9 Å². The van der Waals surface area contributed by atoms with E-state index in [1.54, 1.807) is 25.1 Å². The minimum atomic E-state index is -1.09. The molecule has 2 unspecified atom stereocenters. The van der Waals surface area contributed by atoms with Crippen LogP contribution in [0.3, 0.4) is 0 Å². The van der Waals surface area contributed by atoms with Crippen LogP contribution >= 0.6 is 0 Å². The van der Waals surface area contributed by atoms with Gasteiger partial charge in [-0.2, -0.15) is 0 Å². The summed E-state index contributed by atoms with van der Waals surface area (Å²) in [5, 5.41) is 12.1. The summed E-state index contributed by atoms with van der Waals surface area (Å²) in [5.41, 5.74) is 0.321. The van der Waals surface area contributed by atoms with Crippen molar-refractivity contribution in [1.82, 2.24) is 5.32 Å². The fourth-order valence-corrected chi connectivity index (χ4v) is 2.25. The van der Waals surface area contributed by atoms with Crippen molar-refractivity contribution in [1.29, 1.82) is 0 Å². The van der Waals surface area contributed by atoms with Crippen LogP contribution in [0.4, 0.5) is 5.69 Å². The van der Waals surface area contributed by atoms with Crippen LogP contribution in [0.5, 0.6) is 0 Å². The first-order valence-electron chi connectivity index (χ1n) is 6.74. The van der Waals surface area contributed by atoms with E-state index in [2.05, 4.69) is 5.32 Å². The minimum Gasteiger partial charge on any atom is -0.481 e. The Morgan fingerprint density at radius 3 is 2.76 bits per heavy atom. The number of carbonyl (C=O) groups excluding carboxylic acids is 1. The van der Waals surface area contributed by atoms with Crippen LogP contribution in [0, 0.1) is 5.41 Å². The average molecular weight is 292 g/mol. The molecule has 1 amide bonds. The molecule has 2 rings (SSSR count). The zero-order valence-electron chi connectivity index (χ0n) is 12.4. The minimum absolute atomic E-state index is 0.102. The highest BCUT2D eigenvalue weighted by molar-refractivity contribution is 5.95. The first-order chi connectivity index (χ1) is 9.84. The highest BCUT2D eigenvalue weighted by Gasteiger charge is 2.47. The number of hydrogen-bond donors (Lipinski definition) is 2. The Morgan fingerprint density at radius 1 is 1.43 bits per heavy atom. The van der Waals surface area contributed by atoms with E-state index in [4.69, 9.17) is 4.74 Å². The number of carboxylic acids is 1. The Hall–Kier alpha value is -2.08. The lowest BCUT2D eigenvalue weighted by atomic mass is 9.85. The third kappa shape index (κ3) is 3.00. The molecular weight excluding hydrogens is 272 g/mol. The van der Waals surface area contributed by atoms with Crippen molar-refractivity contribution < 1.29 is 19.4 Å². The molecule has 0 radical (unpaired) electrons. The van der Waals surface area contributed by atoms with Crippen molar-refractivity contribution in [2.45, 2.75) is 13.0 Å². The molecule has 6 heteroatoms. The standard InChI is InChI=1S/C15H20N2O4/c1-15(14(19)20)9-21-8-12(15)16-13(18)10-5-4-6-11(7-10)17(2)3/h4-7,12H,8-9H2,1-3H3,(H,16,18)(H,19,20). The molecule has 1 aliphatic heterocycles. The van der Waals surface area contributed by atoms with Crippen LogP contribution in [0.1, 0.15) is 17.3 Å². The van der Waals surface area contributed by atoms with Crippen molar-refractivity contribution in [3.05, 3.63) is 29.8 Å². The van der Waals surface area contributed by atoms with Crippen LogP contribution in [0.25, 0.3) is 0 Å². The highest BCUT2D eigenvalue weighted by Crippen LogP contribution is 2.29. The lowest BCUT2D eigenvalue weighted by Crippen LogP contribution is -2.49. The van der Waals surface area contributed by atoms with Gasteiger partial charge in [0.2, 0.25) is 0 Å². The Labute approximate surface area is 123 Å². The third-order valence-electron chi connectivity index (χ3n) is 3.87. The van der Waals surface area contributed by atoms with Crippen molar-refractivity contribution in [2.24, 2.45) is 5.41 Å². The summed E-state index contributed by atoms with van der Waals surface area (Å²) in [6.45, 7) is 1.90. The fraction of sp³-hybridized carbons (Fsp3) is 0.467. The first kappa shape index (κ1) is 15.3. The lowest BCUT2D eigenvalue weighted by molar-refractivity contribution is -0.148. The van der Waals surface area contributed by atoms with E-state index in [9.17, 15) is 14.7 Å². The third-order valence-corrected chi connectivity index (χ3v) is 3.87. The molecule has 0 saturated carbocycles. The molecule has 0 spiro atoms. The second kappa shape index (κ2) is 5.73. The van der Waals surface area contributed by atoms with Crippen LogP contribution < -0.4 is 10.2 Å². The Kier molecular flexibility index (Phi) is 4.18. The summed E-state index contributed by atoms with van der Waals surface area (Å²) >= 11 is 0. The molecule has 114 valence electrons. The van der Waals surface area contributed by atoms with Crippen LogP contribution in [0.2, 0.25) is 0 Å². The summed E-state index contributed by atoms with van der Waals surface area (Å²) < 4.78 is 5.23. The van der Waals surface area contributed by atoms with Crippen LogP contribution in [-0.4, -0.2) is 50.3 Å². The van der Waals surface area contributed by atoms with Gasteiger partial charge in [-0.3, -0.25) is 9.59 Å². The fourth-order valence-electron chi connectivity index (χ4n) is 2.25. The number of nitrogens with zero attached hydrogens (tertiary/aromatic N) is 1. The molecule has 1 heterocycles. The molecular formula is C15H20N2O4. The number of amides is 1. The largest absolute Gasteiger partial charge is 0.481 e. The molecule has 1 aliphatic rings. The number of aliphatic carboxylic acids is 1. The molecule has 1 saturated heterocycles. The summed E-state index contributed by atoms with van der Waals surface area (Å²) in [7, 11) is 3.78. The Bertz CT molecular complexity index is 558. The van der Waals surface area contributed by atoms with Crippen molar-refractivity contribution in [3.8, 4) is 0 Å². The first-order valence-corrected chi connectivity index (χ1v) is 6.74. The summed E-state index contributed by atoms with van der Waals surface area (Å²) in [4.78, 5) is 25.6. The van der Waals surface area contributed by atoms with E-state index in [1.807, 2.05) is 25.1 Å². The van der Waals surface area contributed by atoms with Crippen molar-refractivity contribution in [3.63, 3.8) is 0 Å². The number of carbonyl (C=O) groups is 2. The Balaban J connectivity index is 2.15. The number of hydrogen-bond acceptors (Lipinski definition) is 4. The smallest absolute Gasteiger partial charge is 0.313 e. The number of carboxylic acid groups (broad SMARTS) is 1. The van der Waals surface area contributed by atoms with Gasteiger partial charge in [-0.15, -0.1) is 0 Å². The normalized spacial score (nSPS) is 24.6. The van der Waals surface area contributed by atoms with Gasteiger partial charge in [-0.25, -0.2) is 0 Å². The van der Waals surface area contributed by atoms with E-state index in [0.29, 0.717) is 5.56 Å². The van der Waals surface area contributed by atoms with Gasteiger partial charge in [-0.1, -0.05) is 6.07 Å². The Morgan fingerprint density at radius 2 is 2.14 bits per heavy atom. The number of anilines is 1. The maximum absolute atomic E-state index is 12.3. The van der Waals surface area contributed by atoms with Gasteiger partial charge in [0, 0.05) is 25.3 Å². The van der Waals surface area contributed by atoms with E-state index < -0.39 is 17.4 Å². The SMILES string of the molecule is CN(C)c1cccc(C(=O)NC2COCC2(C)C(=O)O)c1. The summed E-state index contributed by atoms with van der Waals surface area (Å²) in [5.74, 6) is -1.26. The van der Waals surface area contributed by atoms with E-state index in [0.717, 1.165) is 5.69 Å². The zero-order valence-corrected chi connectivity index (χ0v) is 12.4. The summed E-state index contributed by atoms with van der Waals surface area (Å²) in [6.07, 6.45) is 0. The molecule has 1 fully saturated rings. The predicted molar refractivity (Wildman–Crippen MR) is 78.6 cm³/mol. The predicted octanol–water partition coefficient (Wildman–Crippen LogP) is 0.972. The molecule has 0 bridgehead atoms. The second-order valence-corrected chi connectivity index (χ2v) is 5.71. The van der Waals surface area contributed by atoms with Gasteiger partial charge >= 0.3 is 5.97 Å². The maximum atomic E-state index is 12.3. The van der Waals surface area contributed by atoms with Gasteiger partial charge in [0.05, 0.1) is 19.3 Å². The zero-order chi connectivity index (χ0) is 15.6. The van der Waals surface area contributed by atoms with Gasteiger partial charge in [0.1, 0.15) is 5.41 Å². The second-order valence-electron chi connectivity index (χ2n) is 5.71. The van der Waals surface area contributed by atoms with Gasteiger partial charge in [0.25, 0.3) is 5.91 Å². The molecule has 1 aromatic carbocycles. The molecule has 21 heavy (non-hydrogen) atoms. The molecule has 6 nitrogen and oxygen atoms in total. The quantitative estimate of drug-likeness (QED) is 0.864. The molecule has 0 aromatic heterocycles. The maximum Gasteiger partial charge on any atom is 0.313 e. The summed E-state index contributed by atoms with van der Waals surface area (Å²) in [6, 6.07) is 6.63. The monoisotopic (exact) mass is 292 g/mol. The van der Waals surface area contributed by atoms with E-state index in [1.165, 1.54) is 0 Å².